The summed E-state index contributed by atoms with van der Waals surface area (Å²) in [5.74, 6) is 0.673. The van der Waals surface area contributed by atoms with Gasteiger partial charge in [-0.05, 0) is 31.0 Å². The molecule has 18 heavy (non-hydrogen) atoms. The summed E-state index contributed by atoms with van der Waals surface area (Å²) in [6.45, 7) is 3.45. The monoisotopic (exact) mass is 246 g/mol. The zero-order valence-electron chi connectivity index (χ0n) is 11.2. The van der Waals surface area contributed by atoms with Crippen molar-refractivity contribution in [3.05, 3.63) is 35.4 Å². The first-order valence-corrected chi connectivity index (χ1v) is 6.72. The number of fused-ring (bicyclic) bond motifs is 1. The Morgan fingerprint density at radius 3 is 3.00 bits per heavy atom. The van der Waals surface area contributed by atoms with Crippen molar-refractivity contribution in [2.24, 2.45) is 5.92 Å². The summed E-state index contributed by atoms with van der Waals surface area (Å²) in [7, 11) is 1.87. The Bertz CT molecular complexity index is 417. The molecule has 1 aromatic carbocycles. The molecule has 0 aliphatic heterocycles. The van der Waals surface area contributed by atoms with Crippen molar-refractivity contribution in [1.82, 2.24) is 10.6 Å². The van der Waals surface area contributed by atoms with E-state index < -0.39 is 0 Å². The quantitative estimate of drug-likeness (QED) is 0.830. The predicted molar refractivity (Wildman–Crippen MR) is 73.6 cm³/mol. The van der Waals surface area contributed by atoms with Gasteiger partial charge in [0.25, 0.3) is 0 Å². The van der Waals surface area contributed by atoms with Gasteiger partial charge in [0.05, 0.1) is 0 Å². The van der Waals surface area contributed by atoms with Crippen molar-refractivity contribution >= 4 is 5.91 Å². The Kier molecular flexibility index (Phi) is 4.37. The molecule has 0 heterocycles. The molecule has 3 nitrogen and oxygen atoms in total. The lowest BCUT2D eigenvalue weighted by Gasteiger charge is -2.15. The first-order chi connectivity index (χ1) is 8.72. The van der Waals surface area contributed by atoms with Crippen LogP contribution in [0.25, 0.3) is 0 Å². The molecule has 1 aliphatic carbocycles. The number of benzene rings is 1. The van der Waals surface area contributed by atoms with E-state index in [2.05, 4.69) is 34.9 Å². The molecule has 0 saturated heterocycles. The minimum absolute atomic E-state index is 0.0339. The number of hydrogen-bond donors (Lipinski definition) is 2. The van der Waals surface area contributed by atoms with E-state index in [0.29, 0.717) is 5.92 Å². The summed E-state index contributed by atoms with van der Waals surface area (Å²) in [6, 6.07) is 8.56. The van der Waals surface area contributed by atoms with E-state index >= 15 is 0 Å². The van der Waals surface area contributed by atoms with Crippen LogP contribution in [0.4, 0.5) is 0 Å². The third kappa shape index (κ3) is 2.91. The molecule has 0 saturated carbocycles. The van der Waals surface area contributed by atoms with Gasteiger partial charge in [-0.15, -0.1) is 0 Å². The molecule has 1 aromatic rings. The Morgan fingerprint density at radius 2 is 2.22 bits per heavy atom. The highest BCUT2D eigenvalue weighted by atomic mass is 16.1. The fraction of sp³-hybridized carbons (Fsp3) is 0.533. The molecule has 1 aliphatic rings. The maximum atomic E-state index is 11.9. The van der Waals surface area contributed by atoms with E-state index in [4.69, 9.17) is 0 Å². The first-order valence-electron chi connectivity index (χ1n) is 6.72. The fourth-order valence-corrected chi connectivity index (χ4v) is 2.65. The summed E-state index contributed by atoms with van der Waals surface area (Å²) in [5, 5.41) is 6.10. The minimum Gasteiger partial charge on any atom is -0.355 e. The van der Waals surface area contributed by atoms with Crippen LogP contribution in [0.5, 0.6) is 0 Å². The van der Waals surface area contributed by atoms with E-state index in [1.54, 1.807) is 0 Å². The van der Waals surface area contributed by atoms with E-state index in [0.717, 1.165) is 25.9 Å². The van der Waals surface area contributed by atoms with Crippen LogP contribution in [-0.2, 0) is 11.2 Å². The Hall–Kier alpha value is -1.35. The highest BCUT2D eigenvalue weighted by Gasteiger charge is 2.22. The molecule has 0 fully saturated rings. The molecule has 98 valence electrons. The van der Waals surface area contributed by atoms with Gasteiger partial charge in [-0.25, -0.2) is 0 Å². The summed E-state index contributed by atoms with van der Waals surface area (Å²) < 4.78 is 0. The van der Waals surface area contributed by atoms with Crippen LogP contribution in [0.1, 0.15) is 30.4 Å². The van der Waals surface area contributed by atoms with Gasteiger partial charge in [0.15, 0.2) is 0 Å². The second kappa shape index (κ2) is 6.01. The SMILES string of the molecule is CNCC(C)C(=O)NCC1CCc2ccccc21. The third-order valence-corrected chi connectivity index (χ3v) is 3.74. The van der Waals surface area contributed by atoms with Crippen molar-refractivity contribution < 1.29 is 4.79 Å². The smallest absolute Gasteiger partial charge is 0.224 e. The molecule has 3 heteroatoms. The molecule has 0 spiro atoms. The number of rotatable bonds is 5. The van der Waals surface area contributed by atoms with Gasteiger partial charge in [0, 0.05) is 24.9 Å². The molecule has 1 amide bonds. The van der Waals surface area contributed by atoms with Crippen molar-refractivity contribution in [2.45, 2.75) is 25.7 Å². The average Bonchev–Trinajstić information content (AvgIpc) is 2.79. The van der Waals surface area contributed by atoms with Crippen molar-refractivity contribution in [2.75, 3.05) is 20.1 Å². The lowest BCUT2D eigenvalue weighted by atomic mass is 10.0. The number of amides is 1. The summed E-state index contributed by atoms with van der Waals surface area (Å²) in [5.41, 5.74) is 2.86. The molecular weight excluding hydrogens is 224 g/mol. The Labute approximate surface area is 109 Å². The highest BCUT2D eigenvalue weighted by molar-refractivity contribution is 5.78. The maximum absolute atomic E-state index is 11.9. The van der Waals surface area contributed by atoms with E-state index in [9.17, 15) is 4.79 Å². The lowest BCUT2D eigenvalue weighted by Crippen LogP contribution is -2.36. The number of carbonyl (C=O) groups excluding carboxylic acids is 1. The average molecular weight is 246 g/mol. The van der Waals surface area contributed by atoms with E-state index in [1.807, 2.05) is 14.0 Å². The molecular formula is C15H22N2O. The minimum atomic E-state index is 0.0339. The predicted octanol–water partition coefficient (Wildman–Crippen LogP) is 1.69. The van der Waals surface area contributed by atoms with Gasteiger partial charge >= 0.3 is 0 Å². The van der Waals surface area contributed by atoms with Gasteiger partial charge in [-0.1, -0.05) is 31.2 Å². The largest absolute Gasteiger partial charge is 0.355 e. The maximum Gasteiger partial charge on any atom is 0.224 e. The van der Waals surface area contributed by atoms with E-state index in [1.165, 1.54) is 11.1 Å². The molecule has 2 atom stereocenters. The van der Waals surface area contributed by atoms with Crippen LogP contribution in [0.15, 0.2) is 24.3 Å². The number of nitrogens with one attached hydrogen (secondary N) is 2. The van der Waals surface area contributed by atoms with Crippen molar-refractivity contribution in [3.8, 4) is 0 Å². The molecule has 0 bridgehead atoms. The first kappa shape index (κ1) is 13.1. The lowest BCUT2D eigenvalue weighted by molar-refractivity contribution is -0.124. The van der Waals surface area contributed by atoms with Gasteiger partial charge < -0.3 is 10.6 Å². The van der Waals surface area contributed by atoms with Gasteiger partial charge in [-0.2, -0.15) is 0 Å². The molecule has 0 aromatic heterocycles. The van der Waals surface area contributed by atoms with Gasteiger partial charge in [-0.3, -0.25) is 4.79 Å². The molecule has 0 radical (unpaired) electrons. The Morgan fingerprint density at radius 1 is 1.44 bits per heavy atom. The van der Waals surface area contributed by atoms with Crippen LogP contribution in [-0.4, -0.2) is 26.0 Å². The van der Waals surface area contributed by atoms with Crippen LogP contribution >= 0.6 is 0 Å². The number of carbonyl (C=O) groups is 1. The number of aryl methyl sites for hydroxylation is 1. The summed E-state index contributed by atoms with van der Waals surface area (Å²) in [6.07, 6.45) is 2.29. The number of hydrogen-bond acceptors (Lipinski definition) is 2. The summed E-state index contributed by atoms with van der Waals surface area (Å²) in [4.78, 5) is 11.9. The zero-order chi connectivity index (χ0) is 13.0. The van der Waals surface area contributed by atoms with Crippen molar-refractivity contribution in [3.63, 3.8) is 0 Å². The molecule has 2 unspecified atom stereocenters. The zero-order valence-corrected chi connectivity index (χ0v) is 11.2. The van der Waals surface area contributed by atoms with Crippen LogP contribution in [0.2, 0.25) is 0 Å². The van der Waals surface area contributed by atoms with E-state index in [-0.39, 0.29) is 11.8 Å². The van der Waals surface area contributed by atoms with Crippen LogP contribution < -0.4 is 10.6 Å². The second-order valence-corrected chi connectivity index (χ2v) is 5.14. The Balaban J connectivity index is 1.87. The third-order valence-electron chi connectivity index (χ3n) is 3.74. The van der Waals surface area contributed by atoms with Crippen molar-refractivity contribution in [1.29, 1.82) is 0 Å². The molecule has 2 N–H and O–H groups in total. The van der Waals surface area contributed by atoms with Gasteiger partial charge in [0.1, 0.15) is 0 Å². The topological polar surface area (TPSA) is 41.1 Å². The van der Waals surface area contributed by atoms with Crippen LogP contribution in [0, 0.1) is 5.92 Å². The second-order valence-electron chi connectivity index (χ2n) is 5.14. The molecule has 2 rings (SSSR count). The normalized spacial score (nSPS) is 19.3. The van der Waals surface area contributed by atoms with Gasteiger partial charge in [0.2, 0.25) is 5.91 Å². The fourth-order valence-electron chi connectivity index (χ4n) is 2.65. The standard InChI is InChI=1S/C15H22N2O/c1-11(9-16-2)15(18)17-10-13-8-7-12-5-3-4-6-14(12)13/h3-6,11,13,16H,7-10H2,1-2H3,(H,17,18). The summed E-state index contributed by atoms with van der Waals surface area (Å²) >= 11 is 0. The van der Waals surface area contributed by atoms with Crippen LogP contribution in [0.3, 0.4) is 0 Å². The highest BCUT2D eigenvalue weighted by Crippen LogP contribution is 2.32.